The van der Waals surface area contributed by atoms with Crippen LogP contribution in [-0.4, -0.2) is 20.4 Å². The number of hydrogen-bond acceptors (Lipinski definition) is 4. The zero-order chi connectivity index (χ0) is 17.8. The van der Waals surface area contributed by atoms with Crippen molar-refractivity contribution in [2.45, 2.75) is 6.42 Å². The summed E-state index contributed by atoms with van der Waals surface area (Å²) in [6.07, 6.45) is 4.67. The van der Waals surface area contributed by atoms with Crippen LogP contribution in [0.1, 0.15) is 5.56 Å². The number of nitrogens with zero attached hydrogens (tertiary/aromatic N) is 3. The van der Waals surface area contributed by atoms with Gasteiger partial charge in [0.15, 0.2) is 0 Å². The number of rotatable bonds is 5. The lowest BCUT2D eigenvalue weighted by Crippen LogP contribution is -2.14. The third-order valence-electron chi connectivity index (χ3n) is 3.53. The second-order valence-electron chi connectivity index (χ2n) is 5.28. The summed E-state index contributed by atoms with van der Waals surface area (Å²) < 4.78 is 15.7. The first-order chi connectivity index (χ1) is 12.0. The molecular formula is C17H13FN4O3. The van der Waals surface area contributed by atoms with E-state index in [1.54, 1.807) is 24.5 Å². The van der Waals surface area contributed by atoms with E-state index in [0.717, 1.165) is 0 Å². The molecule has 0 saturated heterocycles. The van der Waals surface area contributed by atoms with Crippen molar-refractivity contribution in [3.8, 4) is 5.69 Å². The van der Waals surface area contributed by atoms with E-state index in [2.05, 4.69) is 10.3 Å². The van der Waals surface area contributed by atoms with Crippen LogP contribution in [0.15, 0.2) is 61.2 Å². The minimum Gasteiger partial charge on any atom is -0.326 e. The minimum absolute atomic E-state index is 0.0306. The molecule has 3 aromatic rings. The van der Waals surface area contributed by atoms with Crippen LogP contribution in [0.3, 0.4) is 0 Å². The van der Waals surface area contributed by atoms with Gasteiger partial charge in [-0.25, -0.2) is 9.37 Å². The molecule has 0 unspecified atom stereocenters. The van der Waals surface area contributed by atoms with Gasteiger partial charge >= 0.3 is 0 Å². The average molecular weight is 340 g/mol. The highest BCUT2D eigenvalue weighted by atomic mass is 19.1. The molecule has 8 heteroatoms. The molecule has 0 bridgehead atoms. The predicted molar refractivity (Wildman–Crippen MR) is 89.0 cm³/mol. The molecule has 126 valence electrons. The Morgan fingerprint density at radius 1 is 1.24 bits per heavy atom. The number of carbonyl (C=O) groups is 1. The van der Waals surface area contributed by atoms with E-state index in [1.807, 2.05) is 0 Å². The molecule has 1 N–H and O–H groups in total. The molecule has 7 nitrogen and oxygen atoms in total. The summed E-state index contributed by atoms with van der Waals surface area (Å²) in [4.78, 5) is 26.0. The van der Waals surface area contributed by atoms with Gasteiger partial charge in [0.05, 0.1) is 23.4 Å². The van der Waals surface area contributed by atoms with Gasteiger partial charge in [-0.2, -0.15) is 0 Å². The van der Waals surface area contributed by atoms with Crippen LogP contribution in [0.5, 0.6) is 0 Å². The van der Waals surface area contributed by atoms with E-state index in [9.17, 15) is 19.3 Å². The highest BCUT2D eigenvalue weighted by molar-refractivity contribution is 5.92. The normalized spacial score (nSPS) is 10.4. The van der Waals surface area contributed by atoms with E-state index in [0.29, 0.717) is 16.9 Å². The van der Waals surface area contributed by atoms with Crippen LogP contribution in [0.25, 0.3) is 5.69 Å². The number of nitro groups is 1. The van der Waals surface area contributed by atoms with Crippen LogP contribution in [0.2, 0.25) is 0 Å². The van der Waals surface area contributed by atoms with Crippen LogP contribution < -0.4 is 5.32 Å². The Hall–Kier alpha value is -3.55. The van der Waals surface area contributed by atoms with Crippen molar-refractivity contribution in [3.05, 3.63) is 82.7 Å². The lowest BCUT2D eigenvalue weighted by Gasteiger charge is -2.08. The quantitative estimate of drug-likeness (QED) is 0.571. The molecule has 25 heavy (non-hydrogen) atoms. The molecule has 0 spiro atoms. The van der Waals surface area contributed by atoms with E-state index in [1.165, 1.54) is 41.2 Å². The molecule has 1 aromatic heterocycles. The molecule has 0 aliphatic carbocycles. The van der Waals surface area contributed by atoms with Crippen molar-refractivity contribution in [2.24, 2.45) is 0 Å². The fourth-order valence-corrected chi connectivity index (χ4v) is 2.32. The lowest BCUT2D eigenvalue weighted by molar-refractivity contribution is -0.384. The first-order valence-corrected chi connectivity index (χ1v) is 7.34. The van der Waals surface area contributed by atoms with Crippen LogP contribution in [0.4, 0.5) is 15.8 Å². The van der Waals surface area contributed by atoms with E-state index in [-0.39, 0.29) is 18.0 Å². The molecule has 0 saturated carbocycles. The molecule has 0 aliphatic heterocycles. The van der Waals surface area contributed by atoms with Crippen LogP contribution in [0, 0.1) is 15.9 Å². The van der Waals surface area contributed by atoms with Crippen LogP contribution >= 0.6 is 0 Å². The molecule has 1 amide bonds. The Morgan fingerprint density at radius 2 is 2.00 bits per heavy atom. The number of anilines is 1. The zero-order valence-electron chi connectivity index (χ0n) is 12.9. The van der Waals surface area contributed by atoms with E-state index < -0.39 is 10.7 Å². The van der Waals surface area contributed by atoms with Crippen molar-refractivity contribution >= 4 is 17.3 Å². The number of carbonyl (C=O) groups excluding carboxylic acids is 1. The van der Waals surface area contributed by atoms with Gasteiger partial charge in [0.2, 0.25) is 5.91 Å². The summed E-state index contributed by atoms with van der Waals surface area (Å²) in [5.74, 6) is -0.838. The van der Waals surface area contributed by atoms with E-state index >= 15 is 0 Å². The van der Waals surface area contributed by atoms with Crippen molar-refractivity contribution in [3.63, 3.8) is 0 Å². The summed E-state index contributed by atoms with van der Waals surface area (Å²) >= 11 is 0. The number of non-ortho nitro benzene ring substituents is 1. The fraction of sp³-hybridized carbons (Fsp3) is 0.0588. The largest absolute Gasteiger partial charge is 0.326 e. The fourth-order valence-electron chi connectivity index (χ4n) is 2.32. The molecule has 0 aliphatic rings. The van der Waals surface area contributed by atoms with E-state index in [4.69, 9.17) is 0 Å². The second-order valence-corrected chi connectivity index (χ2v) is 5.28. The number of benzene rings is 2. The summed E-state index contributed by atoms with van der Waals surface area (Å²) in [5.41, 5.74) is 1.24. The Morgan fingerprint density at radius 3 is 2.60 bits per heavy atom. The monoisotopic (exact) mass is 340 g/mol. The Labute approximate surface area is 141 Å². The number of nitro benzene ring substituents is 1. The number of halogens is 1. The first kappa shape index (κ1) is 16.3. The molecular weight excluding hydrogens is 327 g/mol. The van der Waals surface area contributed by atoms with Gasteiger partial charge in [0.25, 0.3) is 5.69 Å². The van der Waals surface area contributed by atoms with Gasteiger partial charge in [-0.1, -0.05) is 12.1 Å². The van der Waals surface area contributed by atoms with Gasteiger partial charge in [-0.3, -0.25) is 14.9 Å². The topological polar surface area (TPSA) is 90.1 Å². The molecule has 0 fully saturated rings. The number of nitrogens with one attached hydrogen (secondary N) is 1. The highest BCUT2D eigenvalue weighted by Gasteiger charge is 2.10. The summed E-state index contributed by atoms with van der Waals surface area (Å²) in [6, 6.07) is 10.1. The molecule has 1 heterocycles. The maximum atomic E-state index is 14.1. The molecule has 0 radical (unpaired) electrons. The number of imidazole rings is 1. The second kappa shape index (κ2) is 6.91. The smallest absolute Gasteiger partial charge is 0.269 e. The van der Waals surface area contributed by atoms with Gasteiger partial charge in [-0.15, -0.1) is 0 Å². The minimum atomic E-state index is -0.506. The third-order valence-corrected chi connectivity index (χ3v) is 3.53. The molecule has 0 atom stereocenters. The van der Waals surface area contributed by atoms with Gasteiger partial charge < -0.3 is 9.88 Å². The maximum Gasteiger partial charge on any atom is 0.269 e. The van der Waals surface area contributed by atoms with Crippen molar-refractivity contribution in [2.75, 3.05) is 5.32 Å². The Kier molecular flexibility index (Phi) is 4.51. The molecule has 2 aromatic carbocycles. The van der Waals surface area contributed by atoms with Gasteiger partial charge in [0.1, 0.15) is 5.82 Å². The third kappa shape index (κ3) is 3.86. The number of aromatic nitrogens is 2. The average Bonchev–Trinajstić information content (AvgIpc) is 3.09. The first-order valence-electron chi connectivity index (χ1n) is 7.34. The summed E-state index contributed by atoms with van der Waals surface area (Å²) in [6.45, 7) is 0. The van der Waals surface area contributed by atoms with Crippen LogP contribution in [-0.2, 0) is 11.2 Å². The Balaban J connectivity index is 1.66. The van der Waals surface area contributed by atoms with Crippen molar-refractivity contribution < 1.29 is 14.1 Å². The standard InChI is InChI=1S/C17H13FN4O3/c18-15-10-13(3-6-16(15)21-8-7-19-11-21)20-17(23)9-12-1-4-14(5-2-12)22(24)25/h1-8,10-11H,9H2,(H,20,23). The zero-order valence-corrected chi connectivity index (χ0v) is 12.9. The Bertz CT molecular complexity index is 908. The summed E-state index contributed by atoms with van der Waals surface area (Å²) in [7, 11) is 0. The number of hydrogen-bond donors (Lipinski definition) is 1. The van der Waals surface area contributed by atoms with Gasteiger partial charge in [-0.05, 0) is 23.8 Å². The number of amides is 1. The van der Waals surface area contributed by atoms with Gasteiger partial charge in [0, 0.05) is 30.2 Å². The highest BCUT2D eigenvalue weighted by Crippen LogP contribution is 2.19. The maximum absolute atomic E-state index is 14.1. The SMILES string of the molecule is O=C(Cc1ccc([N+](=O)[O-])cc1)Nc1ccc(-n2ccnc2)c(F)c1. The summed E-state index contributed by atoms with van der Waals surface area (Å²) in [5, 5.41) is 13.2. The van der Waals surface area contributed by atoms with Crippen molar-refractivity contribution in [1.29, 1.82) is 0 Å². The molecule has 3 rings (SSSR count). The predicted octanol–water partition coefficient (Wildman–Crippen LogP) is 3.10. The lowest BCUT2D eigenvalue weighted by atomic mass is 10.1. The van der Waals surface area contributed by atoms with Crippen molar-refractivity contribution in [1.82, 2.24) is 9.55 Å².